The molecule has 40 heavy (non-hydrogen) atoms. The number of ketones is 1. The molecule has 6 heteroatoms. The van der Waals surface area contributed by atoms with Gasteiger partial charge < -0.3 is 15.2 Å². The summed E-state index contributed by atoms with van der Waals surface area (Å²) in [6, 6.07) is 26.7. The number of carboxylic acids is 1. The van der Waals surface area contributed by atoms with Gasteiger partial charge in [0.1, 0.15) is 11.4 Å². The zero-order valence-corrected chi connectivity index (χ0v) is 23.5. The largest absolute Gasteiger partial charge is 0.497 e. The quantitative estimate of drug-likeness (QED) is 0.190. The number of methoxy groups -OCH3 is 1. The van der Waals surface area contributed by atoms with Gasteiger partial charge in [0.05, 0.1) is 7.11 Å². The number of nitrogens with one attached hydrogen (secondary N) is 1. The van der Waals surface area contributed by atoms with Crippen molar-refractivity contribution in [1.29, 1.82) is 0 Å². The van der Waals surface area contributed by atoms with Crippen LogP contribution in [0, 0.1) is 0 Å². The molecule has 0 aliphatic carbocycles. The molecule has 0 aliphatic rings. The second kappa shape index (κ2) is 12.6. The Morgan fingerprint density at radius 3 is 2.08 bits per heavy atom. The van der Waals surface area contributed by atoms with Gasteiger partial charge in [0.15, 0.2) is 5.78 Å². The lowest BCUT2D eigenvalue weighted by Gasteiger charge is -2.19. The Hall–Kier alpha value is -4.45. The van der Waals surface area contributed by atoms with Crippen LogP contribution in [0.3, 0.4) is 0 Å². The van der Waals surface area contributed by atoms with Crippen LogP contribution in [0.5, 0.6) is 5.75 Å². The summed E-state index contributed by atoms with van der Waals surface area (Å²) in [5, 5.41) is 12.3. The Morgan fingerprint density at radius 1 is 0.850 bits per heavy atom. The zero-order chi connectivity index (χ0) is 28.7. The minimum atomic E-state index is -0.905. The smallest absolute Gasteiger partial charge is 0.303 e. The second-order valence-electron chi connectivity index (χ2n) is 10.9. The molecule has 0 unspecified atom stereocenters. The van der Waals surface area contributed by atoms with Crippen LogP contribution < -0.4 is 10.1 Å². The Labute approximate surface area is 236 Å². The number of ether oxygens (including phenoxy) is 1. The maximum absolute atomic E-state index is 12.4. The van der Waals surface area contributed by atoms with E-state index in [1.54, 1.807) is 19.4 Å². The molecular weight excluding hydrogens is 500 g/mol. The van der Waals surface area contributed by atoms with E-state index in [9.17, 15) is 9.59 Å². The molecule has 3 aromatic carbocycles. The van der Waals surface area contributed by atoms with Crippen molar-refractivity contribution in [3.8, 4) is 28.0 Å². The number of carbonyl (C=O) groups excluding carboxylic acids is 1. The van der Waals surface area contributed by atoms with E-state index in [4.69, 9.17) is 9.84 Å². The summed E-state index contributed by atoms with van der Waals surface area (Å²) in [4.78, 5) is 27.5. The normalized spacial score (nSPS) is 11.2. The van der Waals surface area contributed by atoms with Gasteiger partial charge in [-0.15, -0.1) is 0 Å². The van der Waals surface area contributed by atoms with Gasteiger partial charge in [-0.1, -0.05) is 69.3 Å². The molecule has 0 spiro atoms. The van der Waals surface area contributed by atoms with E-state index in [1.807, 2.05) is 24.3 Å². The Kier molecular flexibility index (Phi) is 9.00. The monoisotopic (exact) mass is 536 g/mol. The van der Waals surface area contributed by atoms with E-state index in [0.717, 1.165) is 28.1 Å². The van der Waals surface area contributed by atoms with Gasteiger partial charge in [-0.3, -0.25) is 14.6 Å². The van der Waals surface area contributed by atoms with Crippen molar-refractivity contribution in [2.45, 2.75) is 52.0 Å². The molecule has 1 aromatic heterocycles. The van der Waals surface area contributed by atoms with Crippen LogP contribution in [0.25, 0.3) is 22.3 Å². The van der Waals surface area contributed by atoms with Crippen LogP contribution in [-0.4, -0.2) is 29.0 Å². The average Bonchev–Trinajstić information content (AvgIpc) is 2.96. The fourth-order valence-electron chi connectivity index (χ4n) is 4.49. The number of aromatic nitrogens is 1. The number of nitrogens with zero attached hydrogens (tertiary/aromatic N) is 1. The number of carboxylic acid groups (broad SMARTS) is 1. The van der Waals surface area contributed by atoms with E-state index in [0.29, 0.717) is 18.7 Å². The predicted octanol–water partition coefficient (Wildman–Crippen LogP) is 7.77. The molecule has 0 radical (unpaired) electrons. The van der Waals surface area contributed by atoms with Gasteiger partial charge in [-0.25, -0.2) is 0 Å². The highest BCUT2D eigenvalue weighted by Crippen LogP contribution is 2.30. The molecule has 2 N–H and O–H groups in total. The third-order valence-corrected chi connectivity index (χ3v) is 6.92. The molecule has 0 fully saturated rings. The lowest BCUT2D eigenvalue weighted by molar-refractivity contribution is -0.137. The number of hydrogen-bond acceptors (Lipinski definition) is 5. The topological polar surface area (TPSA) is 88.5 Å². The van der Waals surface area contributed by atoms with Gasteiger partial charge >= 0.3 is 5.97 Å². The van der Waals surface area contributed by atoms with Crippen LogP contribution in [0.2, 0.25) is 0 Å². The molecule has 0 saturated carbocycles. The number of benzene rings is 3. The molecule has 0 atom stereocenters. The van der Waals surface area contributed by atoms with Gasteiger partial charge in [0, 0.05) is 36.8 Å². The fraction of sp³-hybridized carbons (Fsp3) is 0.265. The third kappa shape index (κ3) is 7.35. The number of rotatable bonds is 11. The summed E-state index contributed by atoms with van der Waals surface area (Å²) in [5.41, 5.74) is 8.04. The first-order valence-electron chi connectivity index (χ1n) is 13.5. The van der Waals surface area contributed by atoms with Crippen molar-refractivity contribution in [2.24, 2.45) is 0 Å². The van der Waals surface area contributed by atoms with Gasteiger partial charge in [-0.05, 0) is 70.0 Å². The van der Waals surface area contributed by atoms with Crippen LogP contribution in [0.1, 0.15) is 61.6 Å². The number of hydrogen-bond donors (Lipinski definition) is 2. The number of Topliss-reactive ketones (excluding diaryl/α,β-unsaturated/α-hetero) is 1. The number of carbonyl (C=O) groups is 2. The molecule has 0 bridgehead atoms. The zero-order valence-electron chi connectivity index (χ0n) is 23.5. The number of anilines is 1. The van der Waals surface area contributed by atoms with Gasteiger partial charge in [-0.2, -0.15) is 0 Å². The first-order chi connectivity index (χ1) is 19.1. The maximum atomic E-state index is 12.4. The van der Waals surface area contributed by atoms with Crippen molar-refractivity contribution in [2.75, 3.05) is 12.4 Å². The second-order valence-corrected chi connectivity index (χ2v) is 10.9. The van der Waals surface area contributed by atoms with Gasteiger partial charge in [0.2, 0.25) is 0 Å². The molecule has 4 aromatic rings. The van der Waals surface area contributed by atoms with Crippen molar-refractivity contribution < 1.29 is 19.4 Å². The van der Waals surface area contributed by atoms with Crippen LogP contribution in [0.4, 0.5) is 5.69 Å². The Morgan fingerprint density at radius 2 is 1.50 bits per heavy atom. The highest BCUT2D eigenvalue weighted by Gasteiger charge is 2.14. The standard InChI is InChI=1S/C34H36N2O4/c1-34(2,3)27-14-8-23(9-15-27)24-10-16-28(17-11-24)35-21-25-12-18-29(40-4)20-30(25)26-13-19-31(36-22-26)32(37)6-5-7-33(38)39/h8-20,22,35H,5-7,21H2,1-4H3,(H,38,39). The molecule has 0 saturated heterocycles. The molecule has 4 rings (SSSR count). The molecule has 206 valence electrons. The van der Waals surface area contributed by atoms with E-state index < -0.39 is 5.97 Å². The molecule has 6 nitrogen and oxygen atoms in total. The summed E-state index contributed by atoms with van der Waals surface area (Å²) in [7, 11) is 1.63. The van der Waals surface area contributed by atoms with Gasteiger partial charge in [0.25, 0.3) is 0 Å². The van der Waals surface area contributed by atoms with Crippen molar-refractivity contribution in [3.05, 3.63) is 102 Å². The highest BCUT2D eigenvalue weighted by atomic mass is 16.5. The molecule has 0 amide bonds. The molecule has 1 heterocycles. The first kappa shape index (κ1) is 28.6. The van der Waals surface area contributed by atoms with E-state index in [-0.39, 0.29) is 24.0 Å². The highest BCUT2D eigenvalue weighted by molar-refractivity contribution is 5.94. The number of aliphatic carboxylic acids is 1. The molecule has 0 aliphatic heterocycles. The fourth-order valence-corrected chi connectivity index (χ4v) is 4.49. The van der Waals surface area contributed by atoms with Crippen molar-refractivity contribution >= 4 is 17.4 Å². The number of pyridine rings is 1. The third-order valence-electron chi connectivity index (χ3n) is 6.92. The Bertz CT molecular complexity index is 1450. The lowest BCUT2D eigenvalue weighted by atomic mass is 9.86. The minimum Gasteiger partial charge on any atom is -0.497 e. The SMILES string of the molecule is COc1ccc(CNc2ccc(-c3ccc(C(C)(C)C)cc3)cc2)c(-c2ccc(C(=O)CCCC(=O)O)nc2)c1. The van der Waals surface area contributed by atoms with Crippen molar-refractivity contribution in [3.63, 3.8) is 0 Å². The van der Waals surface area contributed by atoms with E-state index in [2.05, 4.69) is 79.6 Å². The lowest BCUT2D eigenvalue weighted by Crippen LogP contribution is -2.10. The predicted molar refractivity (Wildman–Crippen MR) is 160 cm³/mol. The van der Waals surface area contributed by atoms with Crippen molar-refractivity contribution in [1.82, 2.24) is 4.98 Å². The molecular formula is C34H36N2O4. The van der Waals surface area contributed by atoms with E-state index >= 15 is 0 Å². The summed E-state index contributed by atoms with van der Waals surface area (Å²) >= 11 is 0. The summed E-state index contributed by atoms with van der Waals surface area (Å²) < 4.78 is 5.46. The van der Waals surface area contributed by atoms with Crippen LogP contribution in [0.15, 0.2) is 85.1 Å². The Balaban J connectivity index is 1.46. The maximum Gasteiger partial charge on any atom is 0.303 e. The summed E-state index contributed by atoms with van der Waals surface area (Å²) in [6.45, 7) is 7.25. The van der Waals surface area contributed by atoms with Crippen LogP contribution >= 0.6 is 0 Å². The summed E-state index contributed by atoms with van der Waals surface area (Å²) in [6.07, 6.45) is 2.11. The first-order valence-corrected chi connectivity index (χ1v) is 13.5. The summed E-state index contributed by atoms with van der Waals surface area (Å²) in [5.74, 6) is -0.333. The van der Waals surface area contributed by atoms with Crippen LogP contribution in [-0.2, 0) is 16.8 Å². The minimum absolute atomic E-state index is 0.0305. The average molecular weight is 537 g/mol. The van der Waals surface area contributed by atoms with E-state index in [1.165, 1.54) is 16.7 Å².